The highest BCUT2D eigenvalue weighted by Gasteiger charge is 2.49. The van der Waals surface area contributed by atoms with Crippen LogP contribution in [-0.4, -0.2) is 69.7 Å². The van der Waals surface area contributed by atoms with E-state index in [4.69, 9.17) is 14.2 Å². The zero-order valence-corrected chi connectivity index (χ0v) is 25.5. The number of aromatic nitrogens is 3. The summed E-state index contributed by atoms with van der Waals surface area (Å²) >= 11 is 0. The summed E-state index contributed by atoms with van der Waals surface area (Å²) in [6.45, 7) is 7.15. The number of hydrogen-bond acceptors (Lipinski definition) is 7. The molecule has 2 amide bonds. The number of rotatable bonds is 10. The molecule has 1 aliphatic heterocycles. The van der Waals surface area contributed by atoms with Gasteiger partial charge >= 0.3 is 12.3 Å². The standard InChI is InChI=1S/C29H40F5N5O5/c1-26(2,3)44-25(41)37-21(16-43-27(4,5)29(32,33)34)20-15-39-22(36-20)11-19(14-35-39)24(18-6-8-42-9-7-18)38-23(40)10-17-12-28(30,31)13-17/h11,14-15,17-18,21,24H,6-10,12-13,16H2,1-5H3,(H,37,41)(H,38,40)/t21-,24+/m0/s1. The summed E-state index contributed by atoms with van der Waals surface area (Å²) in [5.41, 5.74) is -2.25. The van der Waals surface area contributed by atoms with Crippen LogP contribution in [0.3, 0.4) is 0 Å². The SMILES string of the molecule is CC(C)(C)OC(=O)N[C@@H](COC(C)(C)C(F)(F)F)c1cn2ncc([C@H](NC(=O)CC3CC(F)(F)C3)C3CCOCC3)cc2n1. The summed E-state index contributed by atoms with van der Waals surface area (Å²) in [6, 6.07) is 0.0823. The smallest absolute Gasteiger partial charge is 0.416 e. The Morgan fingerprint density at radius 2 is 1.77 bits per heavy atom. The van der Waals surface area contributed by atoms with Crippen molar-refractivity contribution in [3.05, 3.63) is 29.7 Å². The summed E-state index contributed by atoms with van der Waals surface area (Å²) < 4.78 is 84.5. The summed E-state index contributed by atoms with van der Waals surface area (Å²) in [6.07, 6.45) is -1.83. The van der Waals surface area contributed by atoms with Crippen LogP contribution < -0.4 is 10.6 Å². The number of carbonyl (C=O) groups excluding carboxylic acids is 2. The molecule has 0 unspecified atom stereocenters. The molecule has 3 heterocycles. The number of halogens is 5. The van der Waals surface area contributed by atoms with Gasteiger partial charge in [-0.15, -0.1) is 0 Å². The third kappa shape index (κ3) is 8.77. The molecule has 1 saturated heterocycles. The van der Waals surface area contributed by atoms with E-state index in [9.17, 15) is 31.5 Å². The van der Waals surface area contributed by atoms with E-state index in [1.54, 1.807) is 33.0 Å². The van der Waals surface area contributed by atoms with Gasteiger partial charge in [0.15, 0.2) is 11.2 Å². The lowest BCUT2D eigenvalue weighted by Gasteiger charge is -2.35. The zero-order valence-electron chi connectivity index (χ0n) is 25.5. The van der Waals surface area contributed by atoms with Gasteiger partial charge in [-0.3, -0.25) is 4.79 Å². The number of nitrogens with one attached hydrogen (secondary N) is 2. The maximum atomic E-state index is 13.5. The summed E-state index contributed by atoms with van der Waals surface area (Å²) in [7, 11) is 0. The lowest BCUT2D eigenvalue weighted by molar-refractivity contribution is -0.265. The fourth-order valence-corrected chi connectivity index (χ4v) is 5.22. The molecule has 2 fully saturated rings. The maximum Gasteiger partial charge on any atom is 0.416 e. The Labute approximate surface area is 252 Å². The number of ether oxygens (including phenoxy) is 3. The number of hydrogen-bond donors (Lipinski definition) is 2. The summed E-state index contributed by atoms with van der Waals surface area (Å²) in [5, 5.41) is 9.96. The maximum absolute atomic E-state index is 13.5. The Kier molecular flexibility index (Phi) is 9.79. The number of nitrogens with zero attached hydrogens (tertiary/aromatic N) is 3. The second-order valence-electron chi connectivity index (χ2n) is 13.1. The molecule has 1 saturated carbocycles. The average molecular weight is 634 g/mol. The van der Waals surface area contributed by atoms with Crippen molar-refractivity contribution in [1.29, 1.82) is 0 Å². The van der Waals surface area contributed by atoms with Crippen molar-refractivity contribution in [2.24, 2.45) is 11.8 Å². The van der Waals surface area contributed by atoms with Gasteiger partial charge < -0.3 is 24.8 Å². The van der Waals surface area contributed by atoms with Gasteiger partial charge in [-0.2, -0.15) is 18.3 Å². The van der Waals surface area contributed by atoms with Gasteiger partial charge in [0.25, 0.3) is 0 Å². The molecule has 0 bridgehead atoms. The highest BCUT2D eigenvalue weighted by Crippen LogP contribution is 2.44. The minimum Gasteiger partial charge on any atom is -0.444 e. The molecule has 2 aromatic rings. The van der Waals surface area contributed by atoms with Gasteiger partial charge in [-0.25, -0.2) is 23.1 Å². The topological polar surface area (TPSA) is 116 Å². The molecule has 2 aromatic heterocycles. The monoisotopic (exact) mass is 633 g/mol. The highest BCUT2D eigenvalue weighted by atomic mass is 19.4. The minimum absolute atomic E-state index is 0.00574. The van der Waals surface area contributed by atoms with E-state index >= 15 is 0 Å². The van der Waals surface area contributed by atoms with E-state index in [1.807, 2.05) is 0 Å². The van der Waals surface area contributed by atoms with Crippen LogP contribution in [0.5, 0.6) is 0 Å². The van der Waals surface area contributed by atoms with E-state index in [-0.39, 0.29) is 42.7 Å². The molecule has 10 nitrogen and oxygen atoms in total. The van der Waals surface area contributed by atoms with Crippen molar-refractivity contribution in [3.8, 4) is 0 Å². The molecular weight excluding hydrogens is 593 g/mol. The highest BCUT2D eigenvalue weighted by molar-refractivity contribution is 5.77. The fourth-order valence-electron chi connectivity index (χ4n) is 5.22. The fraction of sp³-hybridized carbons (Fsp3) is 0.724. The van der Waals surface area contributed by atoms with E-state index in [0.29, 0.717) is 37.3 Å². The first-order valence-electron chi connectivity index (χ1n) is 14.6. The van der Waals surface area contributed by atoms with Gasteiger partial charge in [0, 0.05) is 32.5 Å². The largest absolute Gasteiger partial charge is 0.444 e. The Balaban J connectivity index is 1.58. The molecule has 2 aliphatic rings. The normalized spacial score (nSPS) is 19.7. The number of imidazole rings is 1. The van der Waals surface area contributed by atoms with Crippen LogP contribution in [0.1, 0.15) is 90.1 Å². The molecule has 0 spiro atoms. The van der Waals surface area contributed by atoms with E-state index in [0.717, 1.165) is 13.8 Å². The Bertz CT molecular complexity index is 1310. The average Bonchev–Trinajstić information content (AvgIpc) is 3.31. The molecule has 0 aromatic carbocycles. The van der Waals surface area contributed by atoms with E-state index < -0.39 is 48.1 Å². The quantitative estimate of drug-likeness (QED) is 0.324. The van der Waals surface area contributed by atoms with Gasteiger partial charge in [0.2, 0.25) is 11.8 Å². The van der Waals surface area contributed by atoms with Crippen molar-refractivity contribution in [3.63, 3.8) is 0 Å². The molecule has 2 atom stereocenters. The Morgan fingerprint density at radius 1 is 1.11 bits per heavy atom. The minimum atomic E-state index is -4.66. The number of alkyl halides is 5. The number of carbonyl (C=O) groups is 2. The van der Waals surface area contributed by atoms with Gasteiger partial charge in [0.05, 0.1) is 36.8 Å². The van der Waals surface area contributed by atoms with Crippen LogP contribution in [0.15, 0.2) is 18.5 Å². The van der Waals surface area contributed by atoms with Crippen molar-refractivity contribution in [2.75, 3.05) is 19.8 Å². The molecule has 246 valence electrons. The first kappa shape index (κ1) is 33.8. The second kappa shape index (κ2) is 12.7. The predicted octanol–water partition coefficient (Wildman–Crippen LogP) is 5.67. The molecule has 2 N–H and O–H groups in total. The van der Waals surface area contributed by atoms with E-state index in [2.05, 4.69) is 20.7 Å². The molecule has 1 aliphatic carbocycles. The lowest BCUT2D eigenvalue weighted by Crippen LogP contribution is -2.44. The van der Waals surface area contributed by atoms with Crippen LogP contribution >= 0.6 is 0 Å². The summed E-state index contributed by atoms with van der Waals surface area (Å²) in [5.74, 6) is -3.44. The Morgan fingerprint density at radius 3 is 2.36 bits per heavy atom. The number of amides is 2. The number of fused-ring (bicyclic) bond motifs is 1. The van der Waals surface area contributed by atoms with Gasteiger partial charge in [0.1, 0.15) is 5.60 Å². The van der Waals surface area contributed by atoms with Crippen molar-refractivity contribution < 1.29 is 45.8 Å². The lowest BCUT2D eigenvalue weighted by atomic mass is 9.79. The van der Waals surface area contributed by atoms with Gasteiger partial charge in [-0.05, 0) is 70.9 Å². The molecule has 44 heavy (non-hydrogen) atoms. The van der Waals surface area contributed by atoms with Crippen molar-refractivity contribution in [1.82, 2.24) is 25.2 Å². The van der Waals surface area contributed by atoms with Crippen LogP contribution in [0.2, 0.25) is 0 Å². The summed E-state index contributed by atoms with van der Waals surface area (Å²) in [4.78, 5) is 30.0. The van der Waals surface area contributed by atoms with Gasteiger partial charge in [-0.1, -0.05) is 0 Å². The van der Waals surface area contributed by atoms with Crippen molar-refractivity contribution >= 4 is 17.6 Å². The van der Waals surface area contributed by atoms with Crippen LogP contribution in [-0.2, 0) is 19.0 Å². The third-order valence-electron chi connectivity index (χ3n) is 7.76. The second-order valence-corrected chi connectivity index (χ2v) is 13.1. The zero-order chi connectivity index (χ0) is 32.5. The first-order chi connectivity index (χ1) is 20.3. The van der Waals surface area contributed by atoms with Crippen LogP contribution in [0.25, 0.3) is 5.65 Å². The van der Waals surface area contributed by atoms with Crippen LogP contribution in [0.4, 0.5) is 26.7 Å². The molecule has 0 radical (unpaired) electrons. The predicted molar refractivity (Wildman–Crippen MR) is 148 cm³/mol. The molecule has 4 rings (SSSR count). The number of alkyl carbamates (subject to hydrolysis) is 1. The molecule has 15 heteroatoms. The van der Waals surface area contributed by atoms with Crippen LogP contribution in [0, 0.1) is 11.8 Å². The van der Waals surface area contributed by atoms with Crippen molar-refractivity contribution in [2.45, 2.75) is 102 Å². The third-order valence-corrected chi connectivity index (χ3v) is 7.76. The first-order valence-corrected chi connectivity index (χ1v) is 14.6. The Hall–Kier alpha value is -3.07. The van der Waals surface area contributed by atoms with E-state index in [1.165, 1.54) is 10.7 Å². The molecular formula is C29H40F5N5O5.